The molecule has 1 amide bonds. The van der Waals surface area contributed by atoms with Crippen molar-refractivity contribution in [2.24, 2.45) is 0 Å². The average Bonchev–Trinajstić information content (AvgIpc) is 2.82. The number of amides is 1. The monoisotopic (exact) mass is 486 g/mol. The molecule has 0 aliphatic rings. The molecule has 4 aromatic rings. The summed E-state index contributed by atoms with van der Waals surface area (Å²) in [4.78, 5) is 21.3. The van der Waals surface area contributed by atoms with Crippen molar-refractivity contribution in [1.82, 2.24) is 9.97 Å². The minimum Gasteiger partial charge on any atom is -0.397 e. The van der Waals surface area contributed by atoms with Crippen LogP contribution in [0.1, 0.15) is 32.6 Å². The molecule has 0 spiro atoms. The van der Waals surface area contributed by atoms with E-state index >= 15 is 0 Å². The molecule has 0 unspecified atom stereocenters. The highest BCUT2D eigenvalue weighted by Gasteiger charge is 2.09. The molecule has 0 fully saturated rings. The van der Waals surface area contributed by atoms with Gasteiger partial charge in [-0.25, -0.2) is 4.98 Å². The zero-order valence-corrected chi connectivity index (χ0v) is 20.6. The largest absolute Gasteiger partial charge is 0.397 e. The van der Waals surface area contributed by atoms with E-state index in [9.17, 15) is 4.79 Å². The maximum atomic E-state index is 12.5. The van der Waals surface area contributed by atoms with Gasteiger partial charge < -0.3 is 21.7 Å². The lowest BCUT2D eigenvalue weighted by molar-refractivity contribution is 0.102. The molecule has 1 heterocycles. The second-order valence-electron chi connectivity index (χ2n) is 8.35. The first kappa shape index (κ1) is 24.0. The number of anilines is 5. The molecule has 5 N–H and O–H groups in total. The van der Waals surface area contributed by atoms with Crippen LogP contribution in [-0.4, -0.2) is 15.9 Å². The van der Waals surface area contributed by atoms with Crippen molar-refractivity contribution in [2.45, 2.75) is 27.3 Å². The van der Waals surface area contributed by atoms with E-state index in [1.807, 2.05) is 24.3 Å². The number of nitrogens with zero attached hydrogens (tertiary/aromatic N) is 2. The zero-order valence-electron chi connectivity index (χ0n) is 19.8. The van der Waals surface area contributed by atoms with Crippen LogP contribution in [0, 0.1) is 20.8 Å². The van der Waals surface area contributed by atoms with Crippen LogP contribution < -0.4 is 21.7 Å². The Morgan fingerprint density at radius 2 is 1.63 bits per heavy atom. The number of benzene rings is 3. The smallest absolute Gasteiger partial charge is 0.255 e. The maximum absolute atomic E-state index is 12.5. The predicted molar refractivity (Wildman–Crippen MR) is 144 cm³/mol. The van der Waals surface area contributed by atoms with Gasteiger partial charge in [0.15, 0.2) is 0 Å². The van der Waals surface area contributed by atoms with Gasteiger partial charge in [0.1, 0.15) is 11.0 Å². The quantitative estimate of drug-likeness (QED) is 0.182. The van der Waals surface area contributed by atoms with Crippen molar-refractivity contribution in [3.63, 3.8) is 0 Å². The average molecular weight is 487 g/mol. The highest BCUT2D eigenvalue weighted by atomic mass is 35.5. The molecule has 1 aromatic heterocycles. The van der Waals surface area contributed by atoms with Crippen molar-refractivity contribution in [1.29, 1.82) is 0 Å². The molecular formula is C27H27ClN6O. The molecule has 0 saturated carbocycles. The lowest BCUT2D eigenvalue weighted by atomic mass is 10.0. The second-order valence-corrected chi connectivity index (χ2v) is 8.74. The zero-order chi connectivity index (χ0) is 24.9. The Kier molecular flexibility index (Phi) is 7.17. The molecule has 3 aromatic carbocycles. The fourth-order valence-electron chi connectivity index (χ4n) is 3.58. The molecule has 0 aliphatic carbocycles. The Morgan fingerprint density at radius 1 is 0.943 bits per heavy atom. The number of aromatic nitrogens is 2. The molecule has 35 heavy (non-hydrogen) atoms. The van der Waals surface area contributed by atoms with Gasteiger partial charge in [0.25, 0.3) is 5.91 Å². The number of para-hydroxylation sites is 2. The first-order valence-corrected chi connectivity index (χ1v) is 11.5. The second kappa shape index (κ2) is 10.4. The highest BCUT2D eigenvalue weighted by Crippen LogP contribution is 2.24. The Morgan fingerprint density at radius 3 is 2.31 bits per heavy atom. The van der Waals surface area contributed by atoms with Crippen LogP contribution in [0.3, 0.4) is 0 Å². The van der Waals surface area contributed by atoms with E-state index in [2.05, 4.69) is 58.8 Å². The Balaban J connectivity index is 1.40. The minimum absolute atomic E-state index is 0.224. The van der Waals surface area contributed by atoms with E-state index in [0.717, 1.165) is 11.3 Å². The predicted octanol–water partition coefficient (Wildman–Crippen LogP) is 6.25. The van der Waals surface area contributed by atoms with Gasteiger partial charge in [-0.05, 0) is 79.4 Å². The van der Waals surface area contributed by atoms with E-state index in [1.165, 1.54) is 16.7 Å². The molecule has 0 radical (unpaired) electrons. The first-order valence-electron chi connectivity index (χ1n) is 11.2. The summed E-state index contributed by atoms with van der Waals surface area (Å²) in [5.74, 6) is 0.780. The summed E-state index contributed by atoms with van der Waals surface area (Å²) in [7, 11) is 0. The van der Waals surface area contributed by atoms with E-state index in [-0.39, 0.29) is 5.91 Å². The van der Waals surface area contributed by atoms with Gasteiger partial charge in [-0.15, -0.1) is 0 Å². The first-order chi connectivity index (χ1) is 16.8. The number of aryl methyl sites for hydroxylation is 2. The van der Waals surface area contributed by atoms with Gasteiger partial charge in [-0.2, -0.15) is 4.98 Å². The third kappa shape index (κ3) is 6.07. The fourth-order valence-corrected chi connectivity index (χ4v) is 3.76. The summed E-state index contributed by atoms with van der Waals surface area (Å²) < 4.78 is 0. The molecule has 0 saturated heterocycles. The van der Waals surface area contributed by atoms with E-state index in [1.54, 1.807) is 30.3 Å². The van der Waals surface area contributed by atoms with Crippen molar-refractivity contribution in [2.75, 3.05) is 21.7 Å². The summed E-state index contributed by atoms with van der Waals surface area (Å²) in [6.07, 6.45) is 0. The third-order valence-corrected chi connectivity index (χ3v) is 5.96. The Hall–Kier alpha value is -4.10. The number of halogens is 1. The normalized spacial score (nSPS) is 10.6. The van der Waals surface area contributed by atoms with Crippen LogP contribution >= 0.6 is 11.6 Å². The van der Waals surface area contributed by atoms with Crippen LogP contribution in [-0.2, 0) is 6.54 Å². The minimum atomic E-state index is -0.224. The lowest BCUT2D eigenvalue weighted by Gasteiger charge is -2.12. The third-order valence-electron chi connectivity index (χ3n) is 5.77. The van der Waals surface area contributed by atoms with Crippen LogP contribution in [0.2, 0.25) is 5.15 Å². The number of rotatable bonds is 7. The van der Waals surface area contributed by atoms with Crippen molar-refractivity contribution >= 4 is 46.3 Å². The van der Waals surface area contributed by atoms with Crippen LogP contribution in [0.4, 0.5) is 28.8 Å². The number of nitrogens with two attached hydrogens (primary N) is 1. The number of hydrogen-bond acceptors (Lipinski definition) is 6. The summed E-state index contributed by atoms with van der Waals surface area (Å²) >= 11 is 6.23. The lowest BCUT2D eigenvalue weighted by Crippen LogP contribution is -2.13. The summed E-state index contributed by atoms with van der Waals surface area (Å²) in [6, 6.07) is 20.3. The number of carbonyl (C=O) groups is 1. The molecule has 7 nitrogen and oxygen atoms in total. The summed E-state index contributed by atoms with van der Waals surface area (Å²) in [5.41, 5.74) is 13.1. The van der Waals surface area contributed by atoms with Gasteiger partial charge in [-0.3, -0.25) is 4.79 Å². The summed E-state index contributed by atoms with van der Waals surface area (Å²) in [5, 5.41) is 9.66. The topological polar surface area (TPSA) is 105 Å². The van der Waals surface area contributed by atoms with Gasteiger partial charge in [-0.1, -0.05) is 35.9 Å². The molecule has 4 rings (SSSR count). The highest BCUT2D eigenvalue weighted by molar-refractivity contribution is 6.29. The number of hydrogen-bond donors (Lipinski definition) is 4. The van der Waals surface area contributed by atoms with Crippen molar-refractivity contribution < 1.29 is 4.79 Å². The SMILES string of the molecule is Cc1cc(Nc2cc(Cl)nc(NCc3ccc(C(=O)Nc4ccccc4N)cc3)n2)cc(C)c1C. The molecule has 0 aliphatic heterocycles. The molecule has 8 heteroatoms. The van der Waals surface area contributed by atoms with Crippen LogP contribution in [0.25, 0.3) is 0 Å². The molecule has 0 bridgehead atoms. The number of nitrogens with one attached hydrogen (secondary N) is 3. The van der Waals surface area contributed by atoms with Gasteiger partial charge in [0.2, 0.25) is 5.95 Å². The fraction of sp³-hybridized carbons (Fsp3) is 0.148. The van der Waals surface area contributed by atoms with Gasteiger partial charge >= 0.3 is 0 Å². The van der Waals surface area contributed by atoms with Crippen molar-refractivity contribution in [3.8, 4) is 0 Å². The summed E-state index contributed by atoms with van der Waals surface area (Å²) in [6.45, 7) is 6.74. The molecule has 0 atom stereocenters. The van der Waals surface area contributed by atoms with Gasteiger partial charge in [0, 0.05) is 23.9 Å². The van der Waals surface area contributed by atoms with Crippen molar-refractivity contribution in [3.05, 3.63) is 99.7 Å². The standard InChI is InChI=1S/C27H27ClN6O/c1-16-12-21(13-17(2)18(16)3)31-25-14-24(28)33-27(34-25)30-15-19-8-10-20(11-9-19)26(35)32-23-7-5-4-6-22(23)29/h4-14H,15,29H2,1-3H3,(H,32,35)(H2,30,31,33,34). The molecular weight excluding hydrogens is 460 g/mol. The van der Waals surface area contributed by atoms with Crippen LogP contribution in [0.15, 0.2) is 66.7 Å². The molecule has 178 valence electrons. The Labute approximate surface area is 209 Å². The van der Waals surface area contributed by atoms with Gasteiger partial charge in [0.05, 0.1) is 11.4 Å². The van der Waals surface area contributed by atoms with E-state index in [0.29, 0.717) is 40.4 Å². The Bertz CT molecular complexity index is 1350. The van der Waals surface area contributed by atoms with Crippen LogP contribution in [0.5, 0.6) is 0 Å². The van der Waals surface area contributed by atoms with E-state index < -0.39 is 0 Å². The number of nitrogen functional groups attached to an aromatic ring is 1. The number of carbonyl (C=O) groups excluding carboxylic acids is 1. The maximum Gasteiger partial charge on any atom is 0.255 e. The van der Waals surface area contributed by atoms with E-state index in [4.69, 9.17) is 17.3 Å².